The molecule has 0 saturated carbocycles. The number of carbonyl (C=O) groups excluding carboxylic acids is 2. The van der Waals surface area contributed by atoms with Crippen LogP contribution in [0.3, 0.4) is 0 Å². The largest absolute Gasteiger partial charge is 0.480 e. The molecule has 0 aromatic heterocycles. The minimum atomic E-state index is -1.16. The average molecular weight is 260 g/mol. The number of urea groups is 1. The van der Waals surface area contributed by atoms with E-state index in [1.54, 1.807) is 0 Å². The highest BCUT2D eigenvalue weighted by Crippen LogP contribution is 1.95. The topological polar surface area (TPSA) is 95.9 Å². The van der Waals surface area contributed by atoms with E-state index in [0.717, 1.165) is 12.8 Å². The number of aliphatic carboxylic acids is 1. The summed E-state index contributed by atoms with van der Waals surface area (Å²) in [6, 6.07) is -0.470. The van der Waals surface area contributed by atoms with Crippen LogP contribution in [0.15, 0.2) is 0 Å². The number of hydrogen-bond acceptors (Lipinski definition) is 4. The van der Waals surface area contributed by atoms with Gasteiger partial charge in [0.1, 0.15) is 13.2 Å². The van der Waals surface area contributed by atoms with E-state index in [1.807, 2.05) is 13.8 Å². The SMILES string of the molecule is CCCN(CCC)C(=O)NC(=O)COCC(=O)O. The number of carboxylic acid groups (broad SMARTS) is 1. The van der Waals surface area contributed by atoms with Crippen molar-refractivity contribution in [2.24, 2.45) is 0 Å². The van der Waals surface area contributed by atoms with E-state index in [9.17, 15) is 14.4 Å². The van der Waals surface area contributed by atoms with Gasteiger partial charge >= 0.3 is 12.0 Å². The Morgan fingerprint density at radius 2 is 1.67 bits per heavy atom. The van der Waals surface area contributed by atoms with E-state index in [4.69, 9.17) is 5.11 Å². The smallest absolute Gasteiger partial charge is 0.329 e. The molecule has 0 saturated heterocycles. The number of imide groups is 1. The lowest BCUT2D eigenvalue weighted by molar-refractivity contribution is -0.143. The number of hydrogen-bond donors (Lipinski definition) is 2. The van der Waals surface area contributed by atoms with Crippen LogP contribution in [0, 0.1) is 0 Å². The van der Waals surface area contributed by atoms with E-state index in [-0.39, 0.29) is 0 Å². The average Bonchev–Trinajstić information content (AvgIpc) is 2.28. The van der Waals surface area contributed by atoms with Crippen LogP contribution in [0.25, 0.3) is 0 Å². The van der Waals surface area contributed by atoms with Gasteiger partial charge in [0.25, 0.3) is 5.91 Å². The maximum Gasteiger partial charge on any atom is 0.329 e. The summed E-state index contributed by atoms with van der Waals surface area (Å²) in [7, 11) is 0. The van der Waals surface area contributed by atoms with Gasteiger partial charge in [-0.2, -0.15) is 0 Å². The van der Waals surface area contributed by atoms with Crippen LogP contribution in [0.2, 0.25) is 0 Å². The number of ether oxygens (including phenoxy) is 1. The summed E-state index contributed by atoms with van der Waals surface area (Å²) < 4.78 is 4.58. The van der Waals surface area contributed by atoms with Crippen molar-refractivity contribution in [2.75, 3.05) is 26.3 Å². The molecular weight excluding hydrogens is 240 g/mol. The monoisotopic (exact) mass is 260 g/mol. The first-order chi connectivity index (χ1) is 8.51. The highest BCUT2D eigenvalue weighted by Gasteiger charge is 2.14. The van der Waals surface area contributed by atoms with Crippen LogP contribution < -0.4 is 5.32 Å². The Bertz CT molecular complexity index is 287. The van der Waals surface area contributed by atoms with E-state index in [0.29, 0.717) is 13.1 Å². The fourth-order valence-electron chi connectivity index (χ4n) is 1.32. The number of rotatable bonds is 8. The fourth-order valence-corrected chi connectivity index (χ4v) is 1.32. The van der Waals surface area contributed by atoms with Gasteiger partial charge in [-0.15, -0.1) is 0 Å². The molecule has 18 heavy (non-hydrogen) atoms. The molecule has 0 aliphatic carbocycles. The van der Waals surface area contributed by atoms with Gasteiger partial charge in [-0.1, -0.05) is 13.8 Å². The van der Waals surface area contributed by atoms with E-state index < -0.39 is 31.1 Å². The first-order valence-electron chi connectivity index (χ1n) is 5.89. The molecule has 0 spiro atoms. The molecule has 0 rings (SSSR count). The van der Waals surface area contributed by atoms with E-state index in [1.165, 1.54) is 4.90 Å². The second-order valence-corrected chi connectivity index (χ2v) is 3.73. The molecule has 0 heterocycles. The molecule has 0 aliphatic heterocycles. The molecule has 0 unspecified atom stereocenters. The first-order valence-corrected chi connectivity index (χ1v) is 5.89. The second kappa shape index (κ2) is 9.41. The Balaban J connectivity index is 4.02. The van der Waals surface area contributed by atoms with Gasteiger partial charge in [0.15, 0.2) is 0 Å². The normalized spacial score (nSPS) is 9.89. The lowest BCUT2D eigenvalue weighted by Crippen LogP contribution is -2.44. The van der Waals surface area contributed by atoms with Gasteiger partial charge in [0.05, 0.1) is 0 Å². The second-order valence-electron chi connectivity index (χ2n) is 3.73. The van der Waals surface area contributed by atoms with Gasteiger partial charge in [-0.3, -0.25) is 10.1 Å². The minimum absolute atomic E-state index is 0.440. The predicted octanol–water partition coefficient (Wildman–Crippen LogP) is 0.446. The Labute approximate surface area is 106 Å². The third kappa shape index (κ3) is 7.61. The van der Waals surface area contributed by atoms with Crippen molar-refractivity contribution in [3.8, 4) is 0 Å². The zero-order chi connectivity index (χ0) is 14.0. The zero-order valence-electron chi connectivity index (χ0n) is 10.8. The molecule has 0 aromatic carbocycles. The fraction of sp³-hybridized carbons (Fsp3) is 0.727. The number of nitrogens with one attached hydrogen (secondary N) is 1. The Morgan fingerprint density at radius 3 is 2.11 bits per heavy atom. The molecule has 2 N–H and O–H groups in total. The third-order valence-electron chi connectivity index (χ3n) is 1.98. The van der Waals surface area contributed by atoms with Crippen LogP contribution in [0.5, 0.6) is 0 Å². The standard InChI is InChI=1S/C11H20N2O5/c1-3-5-13(6-4-2)11(17)12-9(14)7-18-8-10(15)16/h3-8H2,1-2H3,(H,15,16)(H,12,14,17). The molecule has 0 aromatic rings. The quantitative estimate of drug-likeness (QED) is 0.660. The van der Waals surface area contributed by atoms with Gasteiger partial charge < -0.3 is 14.7 Å². The first kappa shape index (κ1) is 16.4. The molecular formula is C11H20N2O5. The summed E-state index contributed by atoms with van der Waals surface area (Å²) in [5.74, 6) is -1.80. The van der Waals surface area contributed by atoms with Crippen LogP contribution in [0.4, 0.5) is 4.79 Å². The van der Waals surface area contributed by atoms with Crippen molar-refractivity contribution < 1.29 is 24.2 Å². The van der Waals surface area contributed by atoms with Crippen LogP contribution in [0.1, 0.15) is 26.7 Å². The molecule has 0 aliphatic rings. The van der Waals surface area contributed by atoms with Crippen LogP contribution in [-0.4, -0.2) is 54.2 Å². The molecule has 0 fully saturated rings. The van der Waals surface area contributed by atoms with Crippen molar-refractivity contribution in [2.45, 2.75) is 26.7 Å². The third-order valence-corrected chi connectivity index (χ3v) is 1.98. The van der Waals surface area contributed by atoms with E-state index in [2.05, 4.69) is 10.1 Å². The summed E-state index contributed by atoms with van der Waals surface area (Å²) in [5.41, 5.74) is 0. The van der Waals surface area contributed by atoms with Gasteiger partial charge in [0.2, 0.25) is 0 Å². The summed E-state index contributed by atoms with van der Waals surface area (Å²) in [6.07, 6.45) is 1.61. The molecule has 0 atom stereocenters. The highest BCUT2D eigenvalue weighted by molar-refractivity contribution is 5.95. The maximum atomic E-state index is 11.7. The summed E-state index contributed by atoms with van der Waals surface area (Å²) in [6.45, 7) is 4.02. The molecule has 0 bridgehead atoms. The Kier molecular flexibility index (Phi) is 8.55. The van der Waals surface area contributed by atoms with E-state index >= 15 is 0 Å². The van der Waals surface area contributed by atoms with Crippen molar-refractivity contribution in [3.05, 3.63) is 0 Å². The number of carbonyl (C=O) groups is 3. The molecule has 0 radical (unpaired) electrons. The zero-order valence-corrected chi connectivity index (χ0v) is 10.8. The van der Waals surface area contributed by atoms with Crippen molar-refractivity contribution >= 4 is 17.9 Å². The molecule has 7 heteroatoms. The minimum Gasteiger partial charge on any atom is -0.480 e. The van der Waals surface area contributed by atoms with Gasteiger partial charge in [0, 0.05) is 13.1 Å². The summed E-state index contributed by atoms with van der Waals surface area (Å²) in [4.78, 5) is 34.6. The van der Waals surface area contributed by atoms with Gasteiger partial charge in [-0.05, 0) is 12.8 Å². The number of carboxylic acids is 1. The molecule has 7 nitrogen and oxygen atoms in total. The highest BCUT2D eigenvalue weighted by atomic mass is 16.5. The number of amides is 3. The lowest BCUT2D eigenvalue weighted by Gasteiger charge is -2.21. The van der Waals surface area contributed by atoms with Crippen molar-refractivity contribution in [1.29, 1.82) is 0 Å². The predicted molar refractivity (Wildman–Crippen MR) is 64.1 cm³/mol. The summed E-state index contributed by atoms with van der Waals surface area (Å²) >= 11 is 0. The molecule has 3 amide bonds. The number of nitrogens with zero attached hydrogens (tertiary/aromatic N) is 1. The molecule has 104 valence electrons. The maximum absolute atomic E-state index is 11.7. The lowest BCUT2D eigenvalue weighted by atomic mass is 10.4. The van der Waals surface area contributed by atoms with Crippen molar-refractivity contribution in [3.63, 3.8) is 0 Å². The Morgan fingerprint density at radius 1 is 1.11 bits per heavy atom. The van der Waals surface area contributed by atoms with Crippen molar-refractivity contribution in [1.82, 2.24) is 10.2 Å². The Hall–Kier alpha value is -1.63. The summed E-state index contributed by atoms with van der Waals surface area (Å²) in [5, 5.41) is 10.5. The van der Waals surface area contributed by atoms with Gasteiger partial charge in [-0.25, -0.2) is 9.59 Å². The van der Waals surface area contributed by atoms with Crippen LogP contribution in [-0.2, 0) is 14.3 Å². The van der Waals surface area contributed by atoms with Crippen LogP contribution >= 0.6 is 0 Å².